The molecule has 0 N–H and O–H groups in total. The summed E-state index contributed by atoms with van der Waals surface area (Å²) < 4.78 is 1.35. The summed E-state index contributed by atoms with van der Waals surface area (Å²) in [7, 11) is 0. The zero-order valence-corrected chi connectivity index (χ0v) is 11.3. The van der Waals surface area contributed by atoms with Gasteiger partial charge in [0.25, 0.3) is 5.69 Å². The Hall–Kier alpha value is -1.66. The van der Waals surface area contributed by atoms with Gasteiger partial charge in [-0.15, -0.1) is 16.7 Å². The molecular weight excluding hydrogens is 291 g/mol. The minimum atomic E-state index is -0.480. The van der Waals surface area contributed by atoms with E-state index in [0.29, 0.717) is 23.0 Å². The topological polar surface area (TPSA) is 73.8 Å². The summed E-state index contributed by atoms with van der Waals surface area (Å²) >= 11 is 11.5. The molecule has 0 unspecified atom stereocenters. The first-order valence-electron chi connectivity index (χ1n) is 5.53. The molecule has 2 rings (SSSR count). The summed E-state index contributed by atoms with van der Waals surface area (Å²) in [5.41, 5.74) is 0.954. The molecular formula is C11H10Cl2N4O2. The Bertz CT molecular complexity index is 600. The minimum Gasteiger partial charge on any atom is -0.258 e. The van der Waals surface area contributed by atoms with E-state index in [1.807, 2.05) is 0 Å². The van der Waals surface area contributed by atoms with E-state index in [-0.39, 0.29) is 5.69 Å². The Morgan fingerprint density at radius 1 is 1.42 bits per heavy atom. The summed E-state index contributed by atoms with van der Waals surface area (Å²) in [5, 5.41) is 19.2. The van der Waals surface area contributed by atoms with Crippen molar-refractivity contribution in [2.24, 2.45) is 0 Å². The maximum atomic E-state index is 11.0. The van der Waals surface area contributed by atoms with E-state index in [9.17, 15) is 10.1 Å². The maximum Gasteiger partial charge on any atom is 0.295 e. The van der Waals surface area contributed by atoms with Gasteiger partial charge in [0.2, 0.25) is 0 Å². The molecule has 1 aromatic heterocycles. The van der Waals surface area contributed by atoms with E-state index in [1.54, 1.807) is 6.20 Å². The number of nitrogens with zero attached hydrogens (tertiary/aromatic N) is 4. The number of alkyl halides is 1. The van der Waals surface area contributed by atoms with Gasteiger partial charge in [-0.3, -0.25) is 10.1 Å². The highest BCUT2D eigenvalue weighted by Crippen LogP contribution is 2.25. The lowest BCUT2D eigenvalue weighted by molar-refractivity contribution is -0.384. The molecule has 0 atom stereocenters. The minimum absolute atomic E-state index is 0.0711. The van der Waals surface area contributed by atoms with Crippen LogP contribution in [0.2, 0.25) is 5.02 Å². The van der Waals surface area contributed by atoms with Crippen LogP contribution < -0.4 is 0 Å². The van der Waals surface area contributed by atoms with Crippen molar-refractivity contribution in [3.05, 3.63) is 45.2 Å². The van der Waals surface area contributed by atoms with Crippen molar-refractivity contribution in [1.29, 1.82) is 0 Å². The molecule has 0 aliphatic heterocycles. The monoisotopic (exact) mass is 300 g/mol. The van der Waals surface area contributed by atoms with Crippen molar-refractivity contribution in [2.45, 2.75) is 12.8 Å². The van der Waals surface area contributed by atoms with Crippen molar-refractivity contribution in [1.82, 2.24) is 15.0 Å². The van der Waals surface area contributed by atoms with Crippen LogP contribution >= 0.6 is 23.2 Å². The molecule has 0 bridgehead atoms. The third kappa shape index (κ3) is 3.21. The number of nitro benzene ring substituents is 1. The molecule has 0 fully saturated rings. The van der Waals surface area contributed by atoms with Crippen LogP contribution in [0.15, 0.2) is 24.4 Å². The van der Waals surface area contributed by atoms with Crippen molar-refractivity contribution < 1.29 is 4.92 Å². The van der Waals surface area contributed by atoms with Crippen molar-refractivity contribution in [3.63, 3.8) is 0 Å². The van der Waals surface area contributed by atoms with Crippen molar-refractivity contribution in [2.75, 3.05) is 5.88 Å². The Balaban J connectivity index is 2.37. The molecule has 0 spiro atoms. The zero-order chi connectivity index (χ0) is 13.8. The van der Waals surface area contributed by atoms with Gasteiger partial charge in [0.1, 0.15) is 5.69 Å². The summed E-state index contributed by atoms with van der Waals surface area (Å²) in [4.78, 5) is 10.5. The Morgan fingerprint density at radius 3 is 2.89 bits per heavy atom. The summed E-state index contributed by atoms with van der Waals surface area (Å²) in [6.07, 6.45) is 3.10. The number of nitro groups is 1. The van der Waals surface area contributed by atoms with Gasteiger partial charge in [-0.25, -0.2) is 4.68 Å². The quantitative estimate of drug-likeness (QED) is 0.483. The highest BCUT2D eigenvalue weighted by atomic mass is 35.5. The second-order valence-corrected chi connectivity index (χ2v) is 4.65. The molecule has 0 saturated carbocycles. The SMILES string of the molecule is O=[N+]([O-])c1ccc(Cl)cc1-n1cc(CCCCl)nn1. The molecule has 19 heavy (non-hydrogen) atoms. The lowest BCUT2D eigenvalue weighted by atomic mass is 10.2. The molecule has 0 aliphatic carbocycles. The van der Waals surface area contributed by atoms with Gasteiger partial charge in [-0.05, 0) is 25.0 Å². The third-order valence-electron chi connectivity index (χ3n) is 2.49. The number of hydrogen-bond donors (Lipinski definition) is 0. The van der Waals surface area contributed by atoms with Gasteiger partial charge in [-0.1, -0.05) is 16.8 Å². The lowest BCUT2D eigenvalue weighted by Crippen LogP contribution is -2.00. The Labute approximate surface area is 119 Å². The molecule has 2 aromatic rings. The number of halogens is 2. The summed E-state index contributed by atoms with van der Waals surface area (Å²) in [6.45, 7) is 0. The number of benzene rings is 1. The van der Waals surface area contributed by atoms with E-state index in [4.69, 9.17) is 23.2 Å². The van der Waals surface area contributed by atoms with Crippen LogP contribution in [-0.2, 0) is 6.42 Å². The first-order chi connectivity index (χ1) is 9.11. The molecule has 100 valence electrons. The number of aryl methyl sites for hydroxylation is 1. The molecule has 0 aliphatic rings. The number of hydrogen-bond acceptors (Lipinski definition) is 4. The Morgan fingerprint density at radius 2 is 2.21 bits per heavy atom. The van der Waals surface area contributed by atoms with Crippen LogP contribution in [0.4, 0.5) is 5.69 Å². The zero-order valence-electron chi connectivity index (χ0n) is 9.79. The highest BCUT2D eigenvalue weighted by molar-refractivity contribution is 6.30. The molecule has 0 radical (unpaired) electrons. The smallest absolute Gasteiger partial charge is 0.258 e. The normalized spacial score (nSPS) is 10.6. The second-order valence-electron chi connectivity index (χ2n) is 3.84. The number of rotatable bonds is 5. The van der Waals surface area contributed by atoms with Gasteiger partial charge >= 0.3 is 0 Å². The maximum absolute atomic E-state index is 11.0. The summed E-state index contributed by atoms with van der Waals surface area (Å²) in [5.74, 6) is 0.532. The first-order valence-corrected chi connectivity index (χ1v) is 6.44. The fourth-order valence-electron chi connectivity index (χ4n) is 1.61. The second kappa shape index (κ2) is 5.99. The molecule has 1 aromatic carbocycles. The van der Waals surface area contributed by atoms with Crippen LogP contribution in [0, 0.1) is 10.1 Å². The molecule has 6 nitrogen and oxygen atoms in total. The average Bonchev–Trinajstić information content (AvgIpc) is 2.84. The number of aromatic nitrogens is 3. The van der Waals surface area contributed by atoms with Crippen molar-refractivity contribution >= 4 is 28.9 Å². The molecule has 8 heteroatoms. The van der Waals surface area contributed by atoms with Crippen LogP contribution in [0.25, 0.3) is 5.69 Å². The molecule has 0 amide bonds. The first kappa shape index (κ1) is 13.8. The Kier molecular flexibility index (Phi) is 4.34. The van der Waals surface area contributed by atoms with E-state index in [1.165, 1.54) is 22.9 Å². The van der Waals surface area contributed by atoms with Gasteiger partial charge in [0, 0.05) is 17.0 Å². The predicted octanol–water partition coefficient (Wildman–Crippen LogP) is 3.00. The van der Waals surface area contributed by atoms with Crippen LogP contribution in [0.3, 0.4) is 0 Å². The van der Waals surface area contributed by atoms with Crippen LogP contribution in [-0.4, -0.2) is 25.8 Å². The van der Waals surface area contributed by atoms with Gasteiger partial charge < -0.3 is 0 Å². The summed E-state index contributed by atoms with van der Waals surface area (Å²) in [6, 6.07) is 4.30. The molecule has 1 heterocycles. The van der Waals surface area contributed by atoms with E-state index in [0.717, 1.165) is 12.1 Å². The van der Waals surface area contributed by atoms with Crippen molar-refractivity contribution in [3.8, 4) is 5.69 Å². The molecule has 0 saturated heterocycles. The van der Waals surface area contributed by atoms with Gasteiger partial charge in [0.15, 0.2) is 0 Å². The van der Waals surface area contributed by atoms with Gasteiger partial charge in [0.05, 0.1) is 16.8 Å². The average molecular weight is 301 g/mol. The van der Waals surface area contributed by atoms with Crippen LogP contribution in [0.5, 0.6) is 0 Å². The lowest BCUT2D eigenvalue weighted by Gasteiger charge is -2.02. The largest absolute Gasteiger partial charge is 0.295 e. The highest BCUT2D eigenvalue weighted by Gasteiger charge is 2.17. The predicted molar refractivity (Wildman–Crippen MR) is 72.1 cm³/mol. The van der Waals surface area contributed by atoms with E-state index < -0.39 is 4.92 Å². The van der Waals surface area contributed by atoms with E-state index in [2.05, 4.69) is 10.3 Å². The van der Waals surface area contributed by atoms with E-state index >= 15 is 0 Å². The van der Waals surface area contributed by atoms with Gasteiger partial charge in [-0.2, -0.15) is 0 Å². The van der Waals surface area contributed by atoms with Crippen LogP contribution in [0.1, 0.15) is 12.1 Å². The third-order valence-corrected chi connectivity index (χ3v) is 2.99. The standard InChI is InChI=1S/C11H10Cl2N4O2/c12-5-1-2-9-7-16(15-14-9)11-6-8(13)3-4-10(11)17(18)19/h3-4,6-7H,1-2,5H2. The fraction of sp³-hybridized carbons (Fsp3) is 0.273. The fourth-order valence-corrected chi connectivity index (χ4v) is 1.91.